The molecule has 2 heterocycles. The first-order chi connectivity index (χ1) is 17.3. The van der Waals surface area contributed by atoms with Crippen LogP contribution in [0.2, 0.25) is 0 Å². The number of fused-ring (bicyclic) bond motifs is 1. The van der Waals surface area contributed by atoms with Crippen molar-refractivity contribution in [1.82, 2.24) is 20.0 Å². The molecule has 0 saturated heterocycles. The molecule has 0 spiro atoms. The number of hydrazine groups is 1. The lowest BCUT2D eigenvalue weighted by Gasteiger charge is -2.23. The van der Waals surface area contributed by atoms with E-state index in [-0.39, 0.29) is 34.7 Å². The first-order valence-corrected chi connectivity index (χ1v) is 11.5. The zero-order valence-electron chi connectivity index (χ0n) is 19.1. The summed E-state index contributed by atoms with van der Waals surface area (Å²) >= 11 is 0. The Morgan fingerprint density at radius 3 is 2.53 bits per heavy atom. The van der Waals surface area contributed by atoms with Gasteiger partial charge in [0.15, 0.2) is 5.78 Å². The lowest BCUT2D eigenvalue weighted by atomic mass is 9.96. The van der Waals surface area contributed by atoms with E-state index in [9.17, 15) is 28.0 Å². The van der Waals surface area contributed by atoms with Gasteiger partial charge in [0.25, 0.3) is 11.5 Å². The van der Waals surface area contributed by atoms with Crippen LogP contribution in [0.3, 0.4) is 0 Å². The third-order valence-electron chi connectivity index (χ3n) is 6.55. The molecule has 10 heteroatoms. The highest BCUT2D eigenvalue weighted by Crippen LogP contribution is 2.28. The van der Waals surface area contributed by atoms with E-state index in [0.29, 0.717) is 11.1 Å². The second kappa shape index (κ2) is 9.37. The van der Waals surface area contributed by atoms with E-state index >= 15 is 0 Å². The van der Waals surface area contributed by atoms with Gasteiger partial charge in [-0.15, -0.1) is 0 Å². The lowest BCUT2D eigenvalue weighted by molar-refractivity contribution is -0.118. The number of benzene rings is 2. The summed E-state index contributed by atoms with van der Waals surface area (Å²) in [6, 6.07) is 7.30. The Labute approximate surface area is 203 Å². The number of Topliss-reactive ketones (excluding diaryl/α,β-unsaturated/α-hetero) is 1. The van der Waals surface area contributed by atoms with Crippen LogP contribution in [-0.4, -0.2) is 26.3 Å². The first-order valence-electron chi connectivity index (χ1n) is 11.5. The predicted octanol–water partition coefficient (Wildman–Crippen LogP) is 3.13. The number of amides is 1. The third kappa shape index (κ3) is 4.37. The van der Waals surface area contributed by atoms with Crippen molar-refractivity contribution < 1.29 is 18.4 Å². The minimum absolute atomic E-state index is 0.00888. The Balaban J connectivity index is 1.39. The van der Waals surface area contributed by atoms with Gasteiger partial charge in [0.2, 0.25) is 0 Å². The molecule has 1 aliphatic carbocycles. The monoisotopic (exact) mass is 492 g/mol. The molecule has 0 bridgehead atoms. The van der Waals surface area contributed by atoms with Crippen LogP contribution in [0.4, 0.5) is 8.78 Å². The number of nitrogens with zero attached hydrogens (tertiary/aromatic N) is 2. The highest BCUT2D eigenvalue weighted by molar-refractivity contribution is 6.01. The number of hydrogen-bond acceptors (Lipinski definition) is 5. The molecule has 2 N–H and O–H groups in total. The van der Waals surface area contributed by atoms with Gasteiger partial charge in [-0.3, -0.25) is 29.4 Å². The number of carbonyl (C=O) groups excluding carboxylic acids is 2. The largest absolute Gasteiger partial charge is 0.329 e. The summed E-state index contributed by atoms with van der Waals surface area (Å²) in [4.78, 5) is 52.3. The molecule has 2 aliphatic rings. The molecular formula is C26H22F2N4O4. The van der Waals surface area contributed by atoms with Crippen molar-refractivity contribution in [2.24, 2.45) is 5.92 Å². The van der Waals surface area contributed by atoms with Gasteiger partial charge in [0.1, 0.15) is 11.6 Å². The van der Waals surface area contributed by atoms with Crippen molar-refractivity contribution in [3.8, 4) is 0 Å². The average Bonchev–Trinajstić information content (AvgIpc) is 3.42. The van der Waals surface area contributed by atoms with Gasteiger partial charge in [-0.05, 0) is 54.8 Å². The van der Waals surface area contributed by atoms with E-state index in [4.69, 9.17) is 0 Å². The zero-order chi connectivity index (χ0) is 25.4. The fraction of sp³-hybridized carbons (Fsp3) is 0.231. The Hall–Kier alpha value is -4.34. The molecule has 1 fully saturated rings. The van der Waals surface area contributed by atoms with E-state index in [2.05, 4.69) is 10.4 Å². The molecule has 8 nitrogen and oxygen atoms in total. The van der Waals surface area contributed by atoms with Gasteiger partial charge >= 0.3 is 5.69 Å². The molecule has 1 aliphatic heterocycles. The van der Waals surface area contributed by atoms with Crippen LogP contribution in [-0.2, 0) is 11.3 Å². The number of hydrogen-bond donors (Lipinski definition) is 2. The van der Waals surface area contributed by atoms with E-state index in [1.165, 1.54) is 41.2 Å². The van der Waals surface area contributed by atoms with Crippen molar-refractivity contribution in [3.05, 3.63) is 104 Å². The first kappa shape index (κ1) is 23.4. The Morgan fingerprint density at radius 1 is 1.03 bits per heavy atom. The number of aromatic amines is 1. The highest BCUT2D eigenvalue weighted by Gasteiger charge is 2.27. The number of ketones is 1. The Kier molecular flexibility index (Phi) is 6.09. The summed E-state index contributed by atoms with van der Waals surface area (Å²) in [5.74, 6) is -2.08. The summed E-state index contributed by atoms with van der Waals surface area (Å²) in [5.41, 5.74) is 2.11. The van der Waals surface area contributed by atoms with Gasteiger partial charge in [-0.2, -0.15) is 0 Å². The molecule has 0 unspecified atom stereocenters. The zero-order valence-corrected chi connectivity index (χ0v) is 19.1. The van der Waals surface area contributed by atoms with Crippen LogP contribution in [0, 0.1) is 17.6 Å². The number of aromatic nitrogens is 2. The molecule has 0 atom stereocenters. The molecule has 36 heavy (non-hydrogen) atoms. The number of nitrogens with one attached hydrogen (secondary N) is 2. The van der Waals surface area contributed by atoms with Gasteiger partial charge in [0.05, 0.1) is 23.0 Å². The van der Waals surface area contributed by atoms with Crippen LogP contribution in [0.5, 0.6) is 0 Å². The quantitative estimate of drug-likeness (QED) is 0.570. The predicted molar refractivity (Wildman–Crippen MR) is 128 cm³/mol. The fourth-order valence-electron chi connectivity index (χ4n) is 4.66. The number of halogens is 2. The number of allylic oxidation sites excluding steroid dienone is 2. The summed E-state index contributed by atoms with van der Waals surface area (Å²) in [6.45, 7) is -0.0957. The maximum Gasteiger partial charge on any atom is 0.329 e. The van der Waals surface area contributed by atoms with Crippen LogP contribution >= 0.6 is 0 Å². The fourth-order valence-corrected chi connectivity index (χ4v) is 4.66. The summed E-state index contributed by atoms with van der Waals surface area (Å²) in [7, 11) is 0. The van der Waals surface area contributed by atoms with Crippen molar-refractivity contribution >= 4 is 22.6 Å². The molecule has 0 radical (unpaired) electrons. The van der Waals surface area contributed by atoms with Gasteiger partial charge in [0, 0.05) is 23.9 Å². The maximum atomic E-state index is 14.6. The molecule has 1 amide bonds. The van der Waals surface area contributed by atoms with E-state index < -0.39 is 28.8 Å². The summed E-state index contributed by atoms with van der Waals surface area (Å²) < 4.78 is 29.5. The lowest BCUT2D eigenvalue weighted by Crippen LogP contribution is -2.38. The second-order valence-electron chi connectivity index (χ2n) is 8.89. The standard InChI is InChI=1S/C26H22F2N4O4/c27-18-6-8-22-20(12-18)24(34)30-26(36)31(22)14-15-5-7-21(28)19(11-15)25(35)32-10-9-17(13-29-32)23(33)16-3-1-2-4-16/h5-13,16,29H,1-4,14H2,(H,30,34,36). The smallest absolute Gasteiger partial charge is 0.298 e. The second-order valence-corrected chi connectivity index (χ2v) is 8.89. The minimum Gasteiger partial charge on any atom is -0.298 e. The maximum absolute atomic E-state index is 14.6. The summed E-state index contributed by atoms with van der Waals surface area (Å²) in [6.07, 6.45) is 8.11. The minimum atomic E-state index is -0.767. The normalized spacial score (nSPS) is 15.7. The van der Waals surface area contributed by atoms with Crippen molar-refractivity contribution in [2.45, 2.75) is 32.2 Å². The van der Waals surface area contributed by atoms with E-state index in [1.807, 2.05) is 0 Å². The Morgan fingerprint density at radius 2 is 1.81 bits per heavy atom. The molecule has 2 aromatic carbocycles. The molecule has 184 valence electrons. The van der Waals surface area contributed by atoms with Crippen LogP contribution in [0.1, 0.15) is 41.6 Å². The SMILES string of the molecule is O=C(C1=CNN(C(=O)c2cc(Cn3c(=O)[nH]c(=O)c4cc(F)ccc43)ccc2F)C=C1)C1CCCC1. The molecule has 5 rings (SSSR count). The van der Waals surface area contributed by atoms with Crippen molar-refractivity contribution in [1.29, 1.82) is 0 Å². The average molecular weight is 492 g/mol. The third-order valence-corrected chi connectivity index (χ3v) is 6.55. The molecular weight excluding hydrogens is 470 g/mol. The molecule has 1 aromatic heterocycles. The van der Waals surface area contributed by atoms with Gasteiger partial charge in [-0.1, -0.05) is 18.9 Å². The van der Waals surface area contributed by atoms with Crippen molar-refractivity contribution in [2.75, 3.05) is 0 Å². The molecule has 3 aromatic rings. The molecule has 1 saturated carbocycles. The summed E-state index contributed by atoms with van der Waals surface area (Å²) in [5, 5.41) is 1.06. The number of H-pyrrole nitrogens is 1. The van der Waals surface area contributed by atoms with Crippen LogP contribution < -0.4 is 16.7 Å². The van der Waals surface area contributed by atoms with E-state index in [1.54, 1.807) is 0 Å². The van der Waals surface area contributed by atoms with Crippen LogP contribution in [0.25, 0.3) is 10.9 Å². The van der Waals surface area contributed by atoms with Crippen LogP contribution in [0.15, 0.2) is 70.0 Å². The topological polar surface area (TPSA) is 104 Å². The highest BCUT2D eigenvalue weighted by atomic mass is 19.1. The van der Waals surface area contributed by atoms with Crippen molar-refractivity contribution in [3.63, 3.8) is 0 Å². The van der Waals surface area contributed by atoms with Gasteiger partial charge < -0.3 is 0 Å². The Bertz CT molecular complexity index is 1560. The van der Waals surface area contributed by atoms with E-state index in [0.717, 1.165) is 48.9 Å². The number of rotatable bonds is 5. The number of carbonyl (C=O) groups is 2. The van der Waals surface area contributed by atoms with Gasteiger partial charge in [-0.25, -0.2) is 18.6 Å².